The number of hydrogen-bond acceptors (Lipinski definition) is 4. The molecule has 1 fully saturated rings. The Kier molecular flexibility index (Phi) is 4.26. The number of hydrogen-bond donors (Lipinski definition) is 2. The minimum atomic E-state index is -0.232. The molecule has 0 radical (unpaired) electrons. The van der Waals surface area contributed by atoms with Crippen LogP contribution in [0.15, 0.2) is 6.07 Å². The van der Waals surface area contributed by atoms with Gasteiger partial charge in [-0.1, -0.05) is 23.2 Å². The van der Waals surface area contributed by atoms with Crippen molar-refractivity contribution in [3.05, 3.63) is 27.2 Å². The molecule has 5 nitrogen and oxygen atoms in total. The van der Waals surface area contributed by atoms with Gasteiger partial charge in [-0.2, -0.15) is 0 Å². The summed E-state index contributed by atoms with van der Waals surface area (Å²) in [5, 5.41) is 12.6. The van der Waals surface area contributed by atoms with E-state index in [1.54, 1.807) is 6.07 Å². The first-order valence-electron chi connectivity index (χ1n) is 6.78. The Hall–Kier alpha value is -1.01. The molecule has 0 bridgehead atoms. The van der Waals surface area contributed by atoms with Crippen LogP contribution in [0.3, 0.4) is 0 Å². The third-order valence-corrected chi connectivity index (χ3v) is 4.42. The Labute approximate surface area is 132 Å². The highest BCUT2D eigenvalue weighted by Gasteiger charge is 2.30. The van der Waals surface area contributed by atoms with Crippen LogP contribution < -0.4 is 10.1 Å². The minimum Gasteiger partial charge on any atom is -0.486 e. The van der Waals surface area contributed by atoms with Crippen LogP contribution in [0.5, 0.6) is 5.75 Å². The summed E-state index contributed by atoms with van der Waals surface area (Å²) in [6, 6.07) is 1.65. The van der Waals surface area contributed by atoms with E-state index in [2.05, 4.69) is 5.32 Å². The molecule has 0 aliphatic carbocycles. The van der Waals surface area contributed by atoms with Gasteiger partial charge >= 0.3 is 0 Å². The molecule has 3 rings (SSSR count). The van der Waals surface area contributed by atoms with E-state index in [1.807, 2.05) is 0 Å². The predicted molar refractivity (Wildman–Crippen MR) is 78.4 cm³/mol. The topological polar surface area (TPSA) is 67.8 Å². The number of fused-ring (bicyclic) bond motifs is 1. The Morgan fingerprint density at radius 1 is 1.48 bits per heavy atom. The van der Waals surface area contributed by atoms with Crippen LogP contribution in [0, 0.1) is 0 Å². The van der Waals surface area contributed by atoms with Gasteiger partial charge in [0.1, 0.15) is 11.9 Å². The highest BCUT2D eigenvalue weighted by molar-refractivity contribution is 6.38. The van der Waals surface area contributed by atoms with Crippen LogP contribution in [0.1, 0.15) is 22.3 Å². The lowest BCUT2D eigenvalue weighted by atomic mass is 10.00. The molecule has 0 unspecified atom stereocenters. The van der Waals surface area contributed by atoms with Gasteiger partial charge in [0.05, 0.1) is 29.9 Å². The van der Waals surface area contributed by atoms with Crippen molar-refractivity contribution in [3.63, 3.8) is 0 Å². The predicted octanol–water partition coefficient (Wildman–Crippen LogP) is 1.81. The number of carbonyl (C=O) groups is 1. The van der Waals surface area contributed by atoms with E-state index in [0.29, 0.717) is 42.3 Å². The smallest absolute Gasteiger partial charge is 0.253 e. The van der Waals surface area contributed by atoms with Gasteiger partial charge in [0.15, 0.2) is 0 Å². The zero-order chi connectivity index (χ0) is 15.0. The van der Waals surface area contributed by atoms with E-state index in [-0.39, 0.29) is 29.7 Å². The summed E-state index contributed by atoms with van der Waals surface area (Å²) >= 11 is 12.5. The lowest BCUT2D eigenvalue weighted by molar-refractivity contribution is 0.0534. The number of benzene rings is 1. The number of aliphatic hydroxyl groups is 1. The summed E-state index contributed by atoms with van der Waals surface area (Å²) in [7, 11) is 0. The fourth-order valence-electron chi connectivity index (χ4n) is 2.66. The van der Waals surface area contributed by atoms with E-state index >= 15 is 0 Å². The maximum Gasteiger partial charge on any atom is 0.253 e. The minimum absolute atomic E-state index is 0.0407. The molecule has 2 aliphatic heterocycles. The highest BCUT2D eigenvalue weighted by atomic mass is 35.5. The standard InChI is InChI=1S/C14H15Cl2NO4/c15-10-4-11(21-8-3-7(5-18)20-6-8)13(16)12-9(10)1-2-17-14(12)19/h4,7-8,18H,1-3,5-6H2,(H,17,19)/t7-,8-/m1/s1. The van der Waals surface area contributed by atoms with Crippen LogP contribution in [-0.2, 0) is 11.2 Å². The highest BCUT2D eigenvalue weighted by Crippen LogP contribution is 2.38. The van der Waals surface area contributed by atoms with Gasteiger partial charge in [-0.3, -0.25) is 4.79 Å². The molecule has 0 aromatic heterocycles. The number of aliphatic hydroxyl groups excluding tert-OH is 1. The van der Waals surface area contributed by atoms with Crippen molar-refractivity contribution in [1.29, 1.82) is 0 Å². The fourth-order valence-corrected chi connectivity index (χ4v) is 3.25. The van der Waals surface area contributed by atoms with Gasteiger partial charge in [0, 0.05) is 24.1 Å². The van der Waals surface area contributed by atoms with E-state index in [9.17, 15) is 4.79 Å². The van der Waals surface area contributed by atoms with Gasteiger partial charge in [-0.25, -0.2) is 0 Å². The largest absolute Gasteiger partial charge is 0.486 e. The van der Waals surface area contributed by atoms with E-state index in [4.69, 9.17) is 37.8 Å². The number of carbonyl (C=O) groups excluding carboxylic acids is 1. The molecule has 0 saturated carbocycles. The first-order valence-corrected chi connectivity index (χ1v) is 7.54. The van der Waals surface area contributed by atoms with Crippen molar-refractivity contribution < 1.29 is 19.4 Å². The average molecular weight is 332 g/mol. The number of halogens is 2. The van der Waals surface area contributed by atoms with Crippen molar-refractivity contribution in [2.45, 2.75) is 25.0 Å². The van der Waals surface area contributed by atoms with Crippen LogP contribution in [-0.4, -0.2) is 43.0 Å². The third kappa shape index (κ3) is 2.83. The van der Waals surface area contributed by atoms with Gasteiger partial charge in [0.25, 0.3) is 5.91 Å². The molecule has 2 heterocycles. The van der Waals surface area contributed by atoms with E-state index < -0.39 is 0 Å². The van der Waals surface area contributed by atoms with Crippen LogP contribution >= 0.6 is 23.2 Å². The fraction of sp³-hybridized carbons (Fsp3) is 0.500. The lowest BCUT2D eigenvalue weighted by Crippen LogP contribution is -2.32. The van der Waals surface area contributed by atoms with E-state index in [0.717, 1.165) is 5.56 Å². The summed E-state index contributed by atoms with van der Waals surface area (Å²) in [5.74, 6) is 0.147. The number of ether oxygens (including phenoxy) is 2. The van der Waals surface area contributed by atoms with Gasteiger partial charge in [-0.15, -0.1) is 0 Å². The van der Waals surface area contributed by atoms with Crippen molar-refractivity contribution >= 4 is 29.1 Å². The first-order chi connectivity index (χ1) is 10.1. The number of rotatable bonds is 3. The second-order valence-corrected chi connectivity index (χ2v) is 5.93. The molecule has 114 valence electrons. The maximum atomic E-state index is 12.0. The zero-order valence-electron chi connectivity index (χ0n) is 11.2. The van der Waals surface area contributed by atoms with Crippen molar-refractivity contribution in [3.8, 4) is 5.75 Å². The Morgan fingerprint density at radius 2 is 2.29 bits per heavy atom. The normalized spacial score (nSPS) is 24.6. The Bertz CT molecular complexity index is 579. The third-order valence-electron chi connectivity index (χ3n) is 3.71. The van der Waals surface area contributed by atoms with Crippen molar-refractivity contribution in [1.82, 2.24) is 5.32 Å². The monoisotopic (exact) mass is 331 g/mol. The zero-order valence-corrected chi connectivity index (χ0v) is 12.7. The summed E-state index contributed by atoms with van der Waals surface area (Å²) < 4.78 is 11.2. The summed E-state index contributed by atoms with van der Waals surface area (Å²) in [6.45, 7) is 0.889. The maximum absolute atomic E-state index is 12.0. The summed E-state index contributed by atoms with van der Waals surface area (Å²) in [4.78, 5) is 12.0. The molecule has 0 spiro atoms. The van der Waals surface area contributed by atoms with Gasteiger partial charge < -0.3 is 19.9 Å². The van der Waals surface area contributed by atoms with Gasteiger partial charge in [0.2, 0.25) is 0 Å². The molecule has 1 amide bonds. The van der Waals surface area contributed by atoms with Crippen LogP contribution in [0.2, 0.25) is 10.0 Å². The van der Waals surface area contributed by atoms with E-state index in [1.165, 1.54) is 0 Å². The molecule has 1 saturated heterocycles. The Morgan fingerprint density at radius 3 is 3.00 bits per heavy atom. The number of nitrogens with one attached hydrogen (secondary N) is 1. The number of amides is 1. The second-order valence-electron chi connectivity index (χ2n) is 5.14. The molecule has 1 aromatic rings. The lowest BCUT2D eigenvalue weighted by Gasteiger charge is -2.22. The SMILES string of the molecule is O=C1NCCc2c(Cl)cc(O[C@H]3CO[C@@H](CO)C3)c(Cl)c21. The van der Waals surface area contributed by atoms with Crippen LogP contribution in [0.4, 0.5) is 0 Å². The molecule has 2 aliphatic rings. The Balaban J connectivity index is 1.88. The quantitative estimate of drug-likeness (QED) is 0.886. The molecule has 21 heavy (non-hydrogen) atoms. The van der Waals surface area contributed by atoms with Crippen molar-refractivity contribution in [2.75, 3.05) is 19.8 Å². The molecular weight excluding hydrogens is 317 g/mol. The second kappa shape index (κ2) is 6.01. The molecule has 2 N–H and O–H groups in total. The van der Waals surface area contributed by atoms with Crippen molar-refractivity contribution in [2.24, 2.45) is 0 Å². The molecule has 7 heteroatoms. The average Bonchev–Trinajstić information content (AvgIpc) is 2.92. The van der Waals surface area contributed by atoms with Gasteiger partial charge in [-0.05, 0) is 12.0 Å². The molecule has 1 aromatic carbocycles. The summed E-state index contributed by atoms with van der Waals surface area (Å²) in [6.07, 6.45) is 0.804. The summed E-state index contributed by atoms with van der Waals surface area (Å²) in [5.41, 5.74) is 1.15. The first kappa shape index (κ1) is 14.9. The molecule has 2 atom stereocenters. The molecular formula is C14H15Cl2NO4. The van der Waals surface area contributed by atoms with Crippen LogP contribution in [0.25, 0.3) is 0 Å².